The number of hydrogen-bond acceptors (Lipinski definition) is 4. The fourth-order valence-corrected chi connectivity index (χ4v) is 3.20. The minimum Gasteiger partial charge on any atom is -0.399 e. The molecule has 0 radical (unpaired) electrons. The van der Waals surface area contributed by atoms with Gasteiger partial charge in [0.05, 0.1) is 11.0 Å². The first-order valence-electron chi connectivity index (χ1n) is 6.32. The normalized spacial score (nSPS) is 11.2. The highest BCUT2D eigenvalue weighted by Gasteiger charge is 2.08. The van der Waals surface area contributed by atoms with Crippen molar-refractivity contribution < 1.29 is 0 Å². The van der Waals surface area contributed by atoms with Crippen molar-refractivity contribution in [3.63, 3.8) is 0 Å². The van der Waals surface area contributed by atoms with Gasteiger partial charge in [0, 0.05) is 10.6 Å². The van der Waals surface area contributed by atoms with E-state index in [2.05, 4.69) is 16.0 Å². The molecule has 0 spiro atoms. The third kappa shape index (κ3) is 1.82. The summed E-state index contributed by atoms with van der Waals surface area (Å²) < 4.78 is 0. The number of thiophene rings is 1. The van der Waals surface area contributed by atoms with Crippen molar-refractivity contribution in [2.75, 3.05) is 5.73 Å². The highest BCUT2D eigenvalue weighted by Crippen LogP contribution is 2.32. The molecule has 0 aliphatic carbocycles. The van der Waals surface area contributed by atoms with Gasteiger partial charge in [0.15, 0.2) is 0 Å². The van der Waals surface area contributed by atoms with Crippen LogP contribution in [0.15, 0.2) is 54.6 Å². The topological polar surface area (TPSA) is 51.8 Å². The third-order valence-electron chi connectivity index (χ3n) is 3.23. The van der Waals surface area contributed by atoms with Crippen LogP contribution >= 0.6 is 11.3 Å². The minimum absolute atomic E-state index is 0.775. The molecule has 2 N–H and O–H groups in total. The molecule has 2 heterocycles. The maximum Gasteiger partial charge on any atom is 0.143 e. The molecule has 0 fully saturated rings. The minimum atomic E-state index is 0.775. The number of hydrogen-bond donors (Lipinski definition) is 1. The van der Waals surface area contributed by atoms with Crippen LogP contribution in [0.1, 0.15) is 0 Å². The molecule has 3 nitrogen and oxygen atoms in total. The van der Waals surface area contributed by atoms with Gasteiger partial charge in [-0.1, -0.05) is 24.3 Å². The predicted molar refractivity (Wildman–Crippen MR) is 84.8 cm³/mol. The fraction of sp³-hybridized carbons (Fsp3) is 0. The molecule has 0 aliphatic rings. The number of nitrogens with zero attached hydrogens (tertiary/aromatic N) is 2. The summed E-state index contributed by atoms with van der Waals surface area (Å²) in [5, 5.41) is 0. The molecule has 2 aromatic carbocycles. The van der Waals surface area contributed by atoms with Gasteiger partial charge in [-0.25, -0.2) is 9.97 Å². The van der Waals surface area contributed by atoms with Gasteiger partial charge in [0.2, 0.25) is 0 Å². The first-order valence-corrected chi connectivity index (χ1v) is 7.13. The molecule has 4 heteroatoms. The summed E-state index contributed by atoms with van der Waals surface area (Å²) in [4.78, 5) is 11.5. The quantitative estimate of drug-likeness (QED) is 0.533. The molecule has 0 atom stereocenters. The second kappa shape index (κ2) is 4.28. The molecule has 2 aromatic heterocycles. The third-order valence-corrected chi connectivity index (χ3v) is 4.30. The molecule has 0 aliphatic heterocycles. The molecule has 0 saturated heterocycles. The van der Waals surface area contributed by atoms with E-state index in [9.17, 15) is 0 Å². The first kappa shape index (κ1) is 11.4. The number of anilines is 1. The van der Waals surface area contributed by atoms with Crippen LogP contribution in [0.5, 0.6) is 0 Å². The van der Waals surface area contributed by atoms with Crippen molar-refractivity contribution in [2.24, 2.45) is 0 Å². The van der Waals surface area contributed by atoms with E-state index in [0.29, 0.717) is 0 Å². The molecule has 0 amide bonds. The van der Waals surface area contributed by atoms with Crippen molar-refractivity contribution in [3.8, 4) is 10.4 Å². The van der Waals surface area contributed by atoms with Gasteiger partial charge in [0.1, 0.15) is 10.3 Å². The lowest BCUT2D eigenvalue weighted by molar-refractivity contribution is 1.42. The lowest BCUT2D eigenvalue weighted by Crippen LogP contribution is -1.82. The second-order valence-electron chi connectivity index (χ2n) is 4.64. The van der Waals surface area contributed by atoms with Crippen LogP contribution < -0.4 is 5.73 Å². The highest BCUT2D eigenvalue weighted by atomic mass is 32.1. The van der Waals surface area contributed by atoms with Crippen molar-refractivity contribution in [2.45, 2.75) is 0 Å². The van der Waals surface area contributed by atoms with Gasteiger partial charge in [0.25, 0.3) is 0 Å². The Morgan fingerprint density at radius 1 is 0.800 bits per heavy atom. The SMILES string of the molecule is Nc1ccc(-c2cc3nc4ccccc4nc3s2)cc1. The van der Waals surface area contributed by atoms with E-state index >= 15 is 0 Å². The van der Waals surface area contributed by atoms with Crippen molar-refractivity contribution in [3.05, 3.63) is 54.6 Å². The lowest BCUT2D eigenvalue weighted by atomic mass is 10.2. The number of nitrogen functional groups attached to an aromatic ring is 1. The van der Waals surface area contributed by atoms with Gasteiger partial charge >= 0.3 is 0 Å². The Morgan fingerprint density at radius 2 is 1.50 bits per heavy atom. The molecular weight excluding hydrogens is 266 g/mol. The van der Waals surface area contributed by atoms with E-state index < -0.39 is 0 Å². The molecule has 4 aromatic rings. The standard InChI is InChI=1S/C16H11N3S/c17-11-7-5-10(6-8-11)15-9-14-16(20-15)19-13-4-2-1-3-12(13)18-14/h1-9H,17H2. The molecule has 4 rings (SSSR count). The molecular formula is C16H11N3S. The van der Waals surface area contributed by atoms with Crippen LogP contribution in [-0.4, -0.2) is 9.97 Å². The molecule has 0 bridgehead atoms. The Kier molecular flexibility index (Phi) is 2.44. The van der Waals surface area contributed by atoms with E-state index in [0.717, 1.165) is 37.5 Å². The van der Waals surface area contributed by atoms with Gasteiger partial charge in [-0.15, -0.1) is 11.3 Å². The number of fused-ring (bicyclic) bond motifs is 2. The van der Waals surface area contributed by atoms with Crippen LogP contribution in [-0.2, 0) is 0 Å². The van der Waals surface area contributed by atoms with Crippen LogP contribution in [0, 0.1) is 0 Å². The number of rotatable bonds is 1. The first-order chi connectivity index (χ1) is 9.79. The smallest absolute Gasteiger partial charge is 0.143 e. The Bertz CT molecular complexity index is 857. The molecule has 96 valence electrons. The van der Waals surface area contributed by atoms with Crippen LogP contribution in [0.3, 0.4) is 0 Å². The summed E-state index contributed by atoms with van der Waals surface area (Å²) >= 11 is 1.66. The Hall–Kier alpha value is -2.46. The largest absolute Gasteiger partial charge is 0.399 e. The van der Waals surface area contributed by atoms with Gasteiger partial charge < -0.3 is 5.73 Å². The zero-order valence-electron chi connectivity index (χ0n) is 10.6. The van der Waals surface area contributed by atoms with Crippen LogP contribution in [0.25, 0.3) is 31.8 Å². The zero-order valence-corrected chi connectivity index (χ0v) is 11.4. The van der Waals surface area contributed by atoms with E-state index in [1.54, 1.807) is 11.3 Å². The molecule has 20 heavy (non-hydrogen) atoms. The zero-order chi connectivity index (χ0) is 13.5. The van der Waals surface area contributed by atoms with E-state index in [1.807, 2.05) is 48.5 Å². The number of nitrogens with two attached hydrogens (primary N) is 1. The van der Waals surface area contributed by atoms with E-state index in [4.69, 9.17) is 5.73 Å². The second-order valence-corrected chi connectivity index (χ2v) is 5.67. The highest BCUT2D eigenvalue weighted by molar-refractivity contribution is 7.21. The summed E-state index contributed by atoms with van der Waals surface area (Å²) in [5.74, 6) is 0. The summed E-state index contributed by atoms with van der Waals surface area (Å²) in [6, 6.07) is 17.9. The number of benzene rings is 2. The molecule has 0 saturated carbocycles. The average Bonchev–Trinajstić information content (AvgIpc) is 2.88. The maximum absolute atomic E-state index is 5.73. The van der Waals surface area contributed by atoms with E-state index in [-0.39, 0.29) is 0 Å². The Balaban J connectivity index is 1.93. The average molecular weight is 277 g/mol. The summed E-state index contributed by atoms with van der Waals surface area (Å²) in [6.45, 7) is 0. The van der Waals surface area contributed by atoms with Crippen molar-refractivity contribution in [1.82, 2.24) is 9.97 Å². The summed E-state index contributed by atoms with van der Waals surface area (Å²) in [5.41, 5.74) is 10.5. The Labute approximate surface area is 119 Å². The molecule has 0 unspecified atom stereocenters. The van der Waals surface area contributed by atoms with Crippen molar-refractivity contribution >= 4 is 38.4 Å². The van der Waals surface area contributed by atoms with Crippen molar-refractivity contribution in [1.29, 1.82) is 0 Å². The number of aromatic nitrogens is 2. The fourth-order valence-electron chi connectivity index (χ4n) is 2.21. The maximum atomic E-state index is 5.73. The summed E-state index contributed by atoms with van der Waals surface area (Å²) in [7, 11) is 0. The van der Waals surface area contributed by atoms with Crippen LogP contribution in [0.4, 0.5) is 5.69 Å². The summed E-state index contributed by atoms with van der Waals surface area (Å²) in [6.07, 6.45) is 0. The van der Waals surface area contributed by atoms with E-state index in [1.165, 1.54) is 0 Å². The van der Waals surface area contributed by atoms with Gasteiger partial charge in [-0.05, 0) is 35.9 Å². The lowest BCUT2D eigenvalue weighted by Gasteiger charge is -1.96. The van der Waals surface area contributed by atoms with Gasteiger partial charge in [-0.3, -0.25) is 0 Å². The van der Waals surface area contributed by atoms with Crippen LogP contribution in [0.2, 0.25) is 0 Å². The monoisotopic (exact) mass is 277 g/mol. The Morgan fingerprint density at radius 3 is 2.25 bits per heavy atom. The van der Waals surface area contributed by atoms with Gasteiger partial charge in [-0.2, -0.15) is 0 Å². The number of para-hydroxylation sites is 2. The predicted octanol–water partition coefficient (Wildman–Crippen LogP) is 4.09.